The summed E-state index contributed by atoms with van der Waals surface area (Å²) in [4.78, 5) is 14.3. The molecule has 1 aromatic carbocycles. The minimum Gasteiger partial charge on any atom is -0.497 e. The molecule has 0 atom stereocenters. The first-order valence-electron chi connectivity index (χ1n) is 7.81. The van der Waals surface area contributed by atoms with Crippen LogP contribution >= 0.6 is 12.4 Å². The summed E-state index contributed by atoms with van der Waals surface area (Å²) in [5, 5.41) is 8.19. The third-order valence-electron chi connectivity index (χ3n) is 3.98. The summed E-state index contributed by atoms with van der Waals surface area (Å²) in [7, 11) is 3.37. The van der Waals surface area contributed by atoms with E-state index in [4.69, 9.17) is 10.5 Å². The number of carbonyl (C=O) groups excluding carboxylic acids is 1. The summed E-state index contributed by atoms with van der Waals surface area (Å²) in [6, 6.07) is 7.42. The molecule has 0 unspecified atom stereocenters. The lowest BCUT2D eigenvalue weighted by atomic mass is 9.93. The van der Waals surface area contributed by atoms with Gasteiger partial charge < -0.3 is 15.4 Å². The van der Waals surface area contributed by atoms with Crippen LogP contribution in [0.1, 0.15) is 30.0 Å². The van der Waals surface area contributed by atoms with E-state index in [1.165, 1.54) is 0 Å². The summed E-state index contributed by atoms with van der Waals surface area (Å²) in [6.45, 7) is 6.94. The van der Waals surface area contributed by atoms with Crippen molar-refractivity contribution in [2.45, 2.75) is 20.8 Å². The zero-order valence-corrected chi connectivity index (χ0v) is 16.1. The minimum atomic E-state index is -0.159. The first kappa shape index (κ1) is 20.9. The first-order valence-corrected chi connectivity index (χ1v) is 7.81. The van der Waals surface area contributed by atoms with E-state index in [9.17, 15) is 4.79 Å². The van der Waals surface area contributed by atoms with Crippen molar-refractivity contribution in [1.82, 2.24) is 19.9 Å². The second kappa shape index (κ2) is 8.31. The lowest BCUT2D eigenvalue weighted by molar-refractivity contribution is 0.0734. The molecule has 2 rings (SSSR count). The van der Waals surface area contributed by atoms with E-state index in [1.54, 1.807) is 23.7 Å². The Bertz CT molecular complexity index is 712. The van der Waals surface area contributed by atoms with Gasteiger partial charge in [0.2, 0.25) is 0 Å². The molecule has 0 radical (unpaired) electrons. The van der Waals surface area contributed by atoms with Crippen LogP contribution in [-0.2, 0) is 0 Å². The number of aromatic nitrogens is 3. The molecule has 0 spiro atoms. The maximum atomic E-state index is 12.7. The molecule has 0 saturated heterocycles. The molecule has 0 fully saturated rings. The maximum absolute atomic E-state index is 12.7. The average molecular weight is 368 g/mol. The number of nitrogens with two attached hydrogens (primary N) is 1. The summed E-state index contributed by atoms with van der Waals surface area (Å²) < 4.78 is 6.80. The monoisotopic (exact) mass is 367 g/mol. The number of nitrogens with zero attached hydrogens (tertiary/aromatic N) is 4. The first-order chi connectivity index (χ1) is 11.3. The van der Waals surface area contributed by atoms with Gasteiger partial charge in [-0.2, -0.15) is 0 Å². The lowest BCUT2D eigenvalue weighted by Gasteiger charge is -2.28. The predicted molar refractivity (Wildman–Crippen MR) is 99.7 cm³/mol. The van der Waals surface area contributed by atoms with Crippen molar-refractivity contribution in [2.24, 2.45) is 11.1 Å². The van der Waals surface area contributed by atoms with Gasteiger partial charge in [0.1, 0.15) is 5.75 Å². The quantitative estimate of drug-likeness (QED) is 0.844. The molecule has 2 aromatic rings. The van der Waals surface area contributed by atoms with Crippen molar-refractivity contribution in [2.75, 3.05) is 27.2 Å². The molecule has 1 heterocycles. The molecule has 7 nitrogen and oxygen atoms in total. The molecule has 2 N–H and O–H groups in total. The summed E-state index contributed by atoms with van der Waals surface area (Å²) in [5.41, 5.74) is 7.47. The topological polar surface area (TPSA) is 86.3 Å². The molecule has 138 valence electrons. The molecular formula is C17H26ClN5O2. The number of rotatable bonds is 6. The van der Waals surface area contributed by atoms with Gasteiger partial charge in [0.15, 0.2) is 5.69 Å². The zero-order chi connectivity index (χ0) is 17.9. The number of ether oxygens (including phenoxy) is 1. The van der Waals surface area contributed by atoms with Gasteiger partial charge in [-0.05, 0) is 43.1 Å². The Morgan fingerprint density at radius 1 is 1.32 bits per heavy atom. The van der Waals surface area contributed by atoms with Crippen LogP contribution in [0.5, 0.6) is 5.75 Å². The van der Waals surface area contributed by atoms with Crippen LogP contribution in [0.4, 0.5) is 0 Å². The van der Waals surface area contributed by atoms with E-state index in [1.807, 2.05) is 45.0 Å². The highest BCUT2D eigenvalue weighted by Crippen LogP contribution is 2.19. The molecule has 25 heavy (non-hydrogen) atoms. The van der Waals surface area contributed by atoms with Gasteiger partial charge in [-0.1, -0.05) is 19.1 Å². The molecule has 0 aliphatic rings. The molecule has 0 bridgehead atoms. The van der Waals surface area contributed by atoms with Crippen LogP contribution in [0.2, 0.25) is 0 Å². The number of hydrogen-bond donors (Lipinski definition) is 1. The molecule has 0 aliphatic carbocycles. The fourth-order valence-corrected chi connectivity index (χ4v) is 2.45. The van der Waals surface area contributed by atoms with Crippen molar-refractivity contribution in [3.05, 3.63) is 35.7 Å². The minimum absolute atomic E-state index is 0. The molecule has 1 aromatic heterocycles. The van der Waals surface area contributed by atoms with E-state index >= 15 is 0 Å². The number of halogens is 1. The third-order valence-corrected chi connectivity index (χ3v) is 3.98. The highest BCUT2D eigenvalue weighted by molar-refractivity contribution is 5.93. The highest BCUT2D eigenvalue weighted by atomic mass is 35.5. The van der Waals surface area contributed by atoms with Crippen LogP contribution in [0.15, 0.2) is 24.3 Å². The number of hydrogen-bond acceptors (Lipinski definition) is 5. The van der Waals surface area contributed by atoms with Gasteiger partial charge in [-0.3, -0.25) is 4.79 Å². The Kier molecular flexibility index (Phi) is 6.96. The SMILES string of the molecule is COc1ccc(-n2nnc(C(=O)N(C)CC(C)(C)CN)c2C)cc1.Cl. The van der Waals surface area contributed by atoms with Crippen molar-refractivity contribution in [3.63, 3.8) is 0 Å². The Hall–Kier alpha value is -2.12. The van der Waals surface area contributed by atoms with E-state index in [2.05, 4.69) is 10.3 Å². The average Bonchev–Trinajstić information content (AvgIpc) is 2.95. The van der Waals surface area contributed by atoms with Crippen LogP contribution in [0, 0.1) is 12.3 Å². The second-order valence-electron chi connectivity index (χ2n) is 6.66. The highest BCUT2D eigenvalue weighted by Gasteiger charge is 2.25. The van der Waals surface area contributed by atoms with Crippen molar-refractivity contribution in [3.8, 4) is 11.4 Å². The largest absolute Gasteiger partial charge is 0.497 e. The molecule has 0 saturated carbocycles. The van der Waals surface area contributed by atoms with E-state index in [0.717, 1.165) is 11.4 Å². The lowest BCUT2D eigenvalue weighted by Crippen LogP contribution is -2.40. The van der Waals surface area contributed by atoms with Gasteiger partial charge >= 0.3 is 0 Å². The normalized spacial score (nSPS) is 11.0. The molecule has 8 heteroatoms. The van der Waals surface area contributed by atoms with Gasteiger partial charge in [0.05, 0.1) is 18.5 Å². The Morgan fingerprint density at radius 3 is 2.44 bits per heavy atom. The Balaban J connectivity index is 0.00000312. The summed E-state index contributed by atoms with van der Waals surface area (Å²) in [6.07, 6.45) is 0. The van der Waals surface area contributed by atoms with Crippen LogP contribution in [0.25, 0.3) is 5.69 Å². The fraction of sp³-hybridized carbons (Fsp3) is 0.471. The number of methoxy groups -OCH3 is 1. The van der Waals surface area contributed by atoms with Crippen molar-refractivity contribution in [1.29, 1.82) is 0 Å². The molecular weight excluding hydrogens is 342 g/mol. The van der Waals surface area contributed by atoms with Crippen molar-refractivity contribution < 1.29 is 9.53 Å². The summed E-state index contributed by atoms with van der Waals surface area (Å²) in [5.74, 6) is 0.602. The second-order valence-corrected chi connectivity index (χ2v) is 6.66. The number of amides is 1. The van der Waals surface area contributed by atoms with Gasteiger partial charge in [-0.15, -0.1) is 17.5 Å². The third kappa shape index (κ3) is 4.70. The van der Waals surface area contributed by atoms with E-state index in [-0.39, 0.29) is 23.7 Å². The van der Waals surface area contributed by atoms with Gasteiger partial charge in [-0.25, -0.2) is 4.68 Å². The smallest absolute Gasteiger partial charge is 0.276 e. The standard InChI is InChI=1S/C17H25N5O2.ClH/c1-12-15(16(23)21(4)11-17(2,3)10-18)19-20-22(12)13-6-8-14(24-5)9-7-13;/h6-9H,10-11,18H2,1-5H3;1H. The number of carbonyl (C=O) groups is 1. The van der Waals surface area contributed by atoms with Gasteiger partial charge in [0.25, 0.3) is 5.91 Å². The molecule has 0 aliphatic heterocycles. The van der Waals surface area contributed by atoms with Crippen LogP contribution < -0.4 is 10.5 Å². The fourth-order valence-electron chi connectivity index (χ4n) is 2.45. The number of benzene rings is 1. The Labute approximate surface area is 154 Å². The predicted octanol–water partition coefficient (Wildman–Crippen LogP) is 2.06. The van der Waals surface area contributed by atoms with Crippen LogP contribution in [-0.4, -0.2) is 53.0 Å². The van der Waals surface area contributed by atoms with E-state index < -0.39 is 0 Å². The Morgan fingerprint density at radius 2 is 1.92 bits per heavy atom. The maximum Gasteiger partial charge on any atom is 0.276 e. The summed E-state index contributed by atoms with van der Waals surface area (Å²) >= 11 is 0. The van der Waals surface area contributed by atoms with Crippen molar-refractivity contribution >= 4 is 18.3 Å². The molecule has 1 amide bonds. The zero-order valence-electron chi connectivity index (χ0n) is 15.3. The van der Waals surface area contributed by atoms with E-state index in [0.29, 0.717) is 24.5 Å². The van der Waals surface area contributed by atoms with Gasteiger partial charge in [0, 0.05) is 13.6 Å². The van der Waals surface area contributed by atoms with Crippen LogP contribution in [0.3, 0.4) is 0 Å².